The Balaban J connectivity index is 4.37. The van der Waals surface area contributed by atoms with Crippen LogP contribution in [0.25, 0.3) is 0 Å². The van der Waals surface area contributed by atoms with Gasteiger partial charge in [-0.3, -0.25) is 0 Å². The zero-order valence-electron chi connectivity index (χ0n) is 10.9. The molecule has 0 fully saturated rings. The van der Waals surface area contributed by atoms with Gasteiger partial charge in [-0.15, -0.1) is 0 Å². The molecule has 0 saturated heterocycles. The van der Waals surface area contributed by atoms with E-state index in [1.165, 1.54) is 0 Å². The number of alkyl carbamates (subject to hydrolysis) is 1. The van der Waals surface area contributed by atoms with E-state index in [4.69, 9.17) is 4.74 Å². The van der Waals surface area contributed by atoms with Gasteiger partial charge in [-0.2, -0.15) is 13.2 Å². The summed E-state index contributed by atoms with van der Waals surface area (Å²) in [4.78, 5) is 11.3. The van der Waals surface area contributed by atoms with Crippen molar-refractivity contribution in [3.8, 4) is 0 Å². The summed E-state index contributed by atoms with van der Waals surface area (Å²) in [6.07, 6.45) is -5.41. The second kappa shape index (κ2) is 6.63. The summed E-state index contributed by atoms with van der Waals surface area (Å²) >= 11 is 3.37. The number of carbonyl (C=O) groups excluding carboxylic acids is 1. The van der Waals surface area contributed by atoms with E-state index in [9.17, 15) is 18.0 Å². The largest absolute Gasteiger partial charge is 0.445 e. The van der Waals surface area contributed by atoms with Gasteiger partial charge in [-0.25, -0.2) is 4.79 Å². The van der Waals surface area contributed by atoms with Gasteiger partial charge in [-0.1, -0.05) is 29.8 Å². The zero-order chi connectivity index (χ0) is 14.6. The molecule has 7 heteroatoms. The number of alkyl halides is 4. The number of hydrogen-bond acceptors (Lipinski definition) is 2. The summed E-state index contributed by atoms with van der Waals surface area (Å²) in [6, 6.07) is 0. The van der Waals surface area contributed by atoms with Crippen LogP contribution in [-0.2, 0) is 4.74 Å². The molecule has 0 saturated carbocycles. The molecular weight excluding hydrogens is 315 g/mol. The van der Waals surface area contributed by atoms with Crippen LogP contribution in [0.5, 0.6) is 0 Å². The van der Waals surface area contributed by atoms with Crippen molar-refractivity contribution in [2.24, 2.45) is 5.92 Å². The molecule has 0 aromatic rings. The van der Waals surface area contributed by atoms with Crippen molar-refractivity contribution in [2.75, 3.05) is 6.54 Å². The molecule has 3 nitrogen and oxygen atoms in total. The zero-order valence-corrected chi connectivity index (χ0v) is 12.5. The predicted molar refractivity (Wildman–Crippen MR) is 66.8 cm³/mol. The molecule has 0 rings (SSSR count). The highest BCUT2D eigenvalue weighted by Crippen LogP contribution is 2.28. The summed E-state index contributed by atoms with van der Waals surface area (Å²) in [5.41, 5.74) is 0. The van der Waals surface area contributed by atoms with Crippen molar-refractivity contribution in [3.63, 3.8) is 0 Å². The highest BCUT2D eigenvalue weighted by Gasteiger charge is 2.32. The number of hydrogen-bond donors (Lipinski definition) is 1. The van der Waals surface area contributed by atoms with E-state index >= 15 is 0 Å². The molecule has 0 aliphatic heterocycles. The molecular formula is C11H19BrF3NO2. The van der Waals surface area contributed by atoms with Crippen molar-refractivity contribution < 1.29 is 22.7 Å². The van der Waals surface area contributed by atoms with Crippen molar-refractivity contribution >= 4 is 22.0 Å². The molecule has 0 bridgehead atoms. The molecule has 1 N–H and O–H groups in total. The number of amides is 1. The highest BCUT2D eigenvalue weighted by molar-refractivity contribution is 9.10. The summed E-state index contributed by atoms with van der Waals surface area (Å²) in [6.45, 7) is 6.11. The van der Waals surface area contributed by atoms with Gasteiger partial charge in [0.05, 0.1) is 4.32 Å². The maximum absolute atomic E-state index is 11.9. The van der Waals surface area contributed by atoms with Crippen LogP contribution in [0.1, 0.15) is 34.1 Å². The molecule has 1 unspecified atom stereocenters. The molecule has 108 valence electrons. The van der Waals surface area contributed by atoms with Crippen LogP contribution in [0, 0.1) is 5.92 Å². The van der Waals surface area contributed by atoms with Gasteiger partial charge in [0.1, 0.15) is 12.6 Å². The maximum atomic E-state index is 11.9. The lowest BCUT2D eigenvalue weighted by atomic mass is 9.97. The van der Waals surface area contributed by atoms with Crippen LogP contribution in [0.4, 0.5) is 18.0 Å². The molecule has 0 aromatic heterocycles. The van der Waals surface area contributed by atoms with Gasteiger partial charge in [0.2, 0.25) is 0 Å². The highest BCUT2D eigenvalue weighted by atomic mass is 79.9. The molecule has 0 radical (unpaired) electrons. The molecule has 0 spiro atoms. The first-order chi connectivity index (χ1) is 7.92. The Morgan fingerprint density at radius 3 is 2.17 bits per heavy atom. The first-order valence-corrected chi connectivity index (χ1v) is 6.41. The molecule has 0 aromatic carbocycles. The molecule has 0 aliphatic carbocycles. The topological polar surface area (TPSA) is 38.3 Å². The van der Waals surface area contributed by atoms with Crippen molar-refractivity contribution in [1.29, 1.82) is 0 Å². The van der Waals surface area contributed by atoms with Gasteiger partial charge in [0.15, 0.2) is 0 Å². The van der Waals surface area contributed by atoms with Crippen LogP contribution in [0.3, 0.4) is 0 Å². The fourth-order valence-corrected chi connectivity index (χ4v) is 1.52. The lowest BCUT2D eigenvalue weighted by Gasteiger charge is -2.30. The van der Waals surface area contributed by atoms with Crippen molar-refractivity contribution in [2.45, 2.75) is 50.7 Å². The van der Waals surface area contributed by atoms with Crippen LogP contribution >= 0.6 is 15.9 Å². The Morgan fingerprint density at radius 2 is 1.83 bits per heavy atom. The third-order valence-corrected chi connectivity index (χ3v) is 2.64. The number of ether oxygens (including phenoxy) is 1. The Kier molecular flexibility index (Phi) is 6.46. The normalized spacial score (nSPS) is 14.5. The lowest BCUT2D eigenvalue weighted by molar-refractivity contribution is -0.124. The van der Waals surface area contributed by atoms with Gasteiger partial charge in [-0.05, 0) is 26.2 Å². The number of nitrogens with one attached hydrogen (secondary N) is 1. The number of carbonyl (C=O) groups is 1. The third-order valence-electron chi connectivity index (χ3n) is 2.13. The Bertz CT molecular complexity index is 274. The Morgan fingerprint density at radius 1 is 1.33 bits per heavy atom. The predicted octanol–water partition coefficient (Wildman–Crippen LogP) is 3.86. The SMILES string of the molecule is CC(C)CC(OC(=O)NCC(F)(F)F)C(C)(C)Br. The average molecular weight is 334 g/mol. The van der Waals surface area contributed by atoms with Gasteiger partial charge in [0, 0.05) is 0 Å². The van der Waals surface area contributed by atoms with Crippen LogP contribution in [0.2, 0.25) is 0 Å². The first kappa shape index (κ1) is 17.5. The van der Waals surface area contributed by atoms with E-state index in [2.05, 4.69) is 15.9 Å². The monoisotopic (exact) mass is 333 g/mol. The average Bonchev–Trinajstić information content (AvgIpc) is 2.10. The standard InChI is InChI=1S/C11H19BrF3NO2/c1-7(2)5-8(10(3,4)12)18-9(17)16-6-11(13,14)15/h7-8H,5-6H2,1-4H3,(H,16,17). The summed E-state index contributed by atoms with van der Waals surface area (Å²) < 4.78 is 40.3. The summed E-state index contributed by atoms with van der Waals surface area (Å²) in [7, 11) is 0. The minimum atomic E-state index is -4.43. The quantitative estimate of drug-likeness (QED) is 0.776. The minimum Gasteiger partial charge on any atom is -0.445 e. The second-order valence-electron chi connectivity index (χ2n) is 5.06. The molecule has 1 atom stereocenters. The van der Waals surface area contributed by atoms with Crippen LogP contribution in [0.15, 0.2) is 0 Å². The summed E-state index contributed by atoms with van der Waals surface area (Å²) in [5.74, 6) is 0.266. The molecule has 0 heterocycles. The Hall–Kier alpha value is -0.460. The van der Waals surface area contributed by atoms with Crippen molar-refractivity contribution in [3.05, 3.63) is 0 Å². The smallest absolute Gasteiger partial charge is 0.407 e. The van der Waals surface area contributed by atoms with E-state index < -0.39 is 29.2 Å². The number of rotatable bonds is 5. The van der Waals surface area contributed by atoms with E-state index in [-0.39, 0.29) is 5.92 Å². The van der Waals surface area contributed by atoms with Gasteiger partial charge < -0.3 is 10.1 Å². The van der Waals surface area contributed by atoms with Crippen LogP contribution < -0.4 is 5.32 Å². The van der Waals surface area contributed by atoms with E-state index in [0.29, 0.717) is 6.42 Å². The number of halogens is 4. The summed E-state index contributed by atoms with van der Waals surface area (Å²) in [5, 5.41) is 1.69. The van der Waals surface area contributed by atoms with Gasteiger partial charge in [0.25, 0.3) is 0 Å². The lowest BCUT2D eigenvalue weighted by Crippen LogP contribution is -2.41. The molecule has 1 amide bonds. The second-order valence-corrected chi connectivity index (χ2v) is 7.10. The van der Waals surface area contributed by atoms with E-state index in [0.717, 1.165) is 0 Å². The van der Waals surface area contributed by atoms with Gasteiger partial charge >= 0.3 is 12.3 Å². The fourth-order valence-electron chi connectivity index (χ4n) is 1.24. The molecule has 18 heavy (non-hydrogen) atoms. The maximum Gasteiger partial charge on any atom is 0.407 e. The van der Waals surface area contributed by atoms with E-state index in [1.54, 1.807) is 19.2 Å². The molecule has 0 aliphatic rings. The van der Waals surface area contributed by atoms with Crippen LogP contribution in [-0.4, -0.2) is 29.2 Å². The Labute approximate surface area is 114 Å². The fraction of sp³-hybridized carbons (Fsp3) is 0.909. The first-order valence-electron chi connectivity index (χ1n) is 5.62. The third kappa shape index (κ3) is 8.60. The van der Waals surface area contributed by atoms with E-state index in [1.807, 2.05) is 13.8 Å². The van der Waals surface area contributed by atoms with Crippen molar-refractivity contribution in [1.82, 2.24) is 5.32 Å². The minimum absolute atomic E-state index is 0.266.